The lowest BCUT2D eigenvalue weighted by atomic mass is 10.2. The quantitative estimate of drug-likeness (QED) is 0.801. The average Bonchev–Trinajstić information content (AvgIpc) is 2.29. The second kappa shape index (κ2) is 6.43. The first kappa shape index (κ1) is 12.9. The van der Waals surface area contributed by atoms with Gasteiger partial charge in [0.15, 0.2) is 0 Å². The van der Waals surface area contributed by atoms with Gasteiger partial charge in [0.25, 0.3) is 0 Å². The number of hydrogen-bond donors (Lipinski definition) is 2. The number of hydrogen-bond acceptors (Lipinski definition) is 3. The van der Waals surface area contributed by atoms with E-state index in [-0.39, 0.29) is 0 Å². The van der Waals surface area contributed by atoms with Crippen LogP contribution in [0.2, 0.25) is 0 Å². The molecular formula is C12H17NO2S. The SMILES string of the molecule is CSC(C)CCNc1ccccc1C(=O)O. The largest absolute Gasteiger partial charge is 0.478 e. The van der Waals surface area contributed by atoms with Gasteiger partial charge in [-0.3, -0.25) is 0 Å². The molecule has 0 saturated carbocycles. The topological polar surface area (TPSA) is 49.3 Å². The van der Waals surface area contributed by atoms with Crippen LogP contribution in [-0.4, -0.2) is 29.1 Å². The Kier molecular flexibility index (Phi) is 5.19. The summed E-state index contributed by atoms with van der Waals surface area (Å²) in [5.41, 5.74) is 1.03. The van der Waals surface area contributed by atoms with Gasteiger partial charge in [0.05, 0.1) is 5.56 Å². The molecule has 1 rings (SSSR count). The fourth-order valence-electron chi connectivity index (χ4n) is 1.35. The molecule has 0 aliphatic rings. The zero-order valence-electron chi connectivity index (χ0n) is 9.56. The Morgan fingerprint density at radius 3 is 2.81 bits per heavy atom. The van der Waals surface area contributed by atoms with Crippen LogP contribution in [0.3, 0.4) is 0 Å². The van der Waals surface area contributed by atoms with E-state index in [9.17, 15) is 4.79 Å². The molecule has 0 amide bonds. The number of thioether (sulfide) groups is 1. The van der Waals surface area contributed by atoms with Gasteiger partial charge in [0, 0.05) is 17.5 Å². The Morgan fingerprint density at radius 2 is 2.19 bits per heavy atom. The van der Waals surface area contributed by atoms with E-state index >= 15 is 0 Å². The van der Waals surface area contributed by atoms with Gasteiger partial charge in [-0.15, -0.1) is 0 Å². The van der Waals surface area contributed by atoms with Crippen molar-refractivity contribution in [1.82, 2.24) is 0 Å². The molecule has 0 bridgehead atoms. The molecule has 0 aromatic heterocycles. The first-order chi connectivity index (χ1) is 7.65. The van der Waals surface area contributed by atoms with Gasteiger partial charge >= 0.3 is 5.97 Å². The third kappa shape index (κ3) is 3.77. The lowest BCUT2D eigenvalue weighted by molar-refractivity contribution is 0.0698. The number of benzene rings is 1. The van der Waals surface area contributed by atoms with Crippen LogP contribution in [0.1, 0.15) is 23.7 Å². The molecule has 1 aromatic rings. The maximum absolute atomic E-state index is 10.9. The van der Waals surface area contributed by atoms with Gasteiger partial charge in [0.1, 0.15) is 0 Å². The van der Waals surface area contributed by atoms with E-state index in [0.717, 1.165) is 13.0 Å². The van der Waals surface area contributed by atoms with Crippen molar-refractivity contribution in [3.8, 4) is 0 Å². The highest BCUT2D eigenvalue weighted by Crippen LogP contribution is 2.16. The van der Waals surface area contributed by atoms with E-state index in [1.165, 1.54) is 0 Å². The summed E-state index contributed by atoms with van der Waals surface area (Å²) < 4.78 is 0. The average molecular weight is 239 g/mol. The van der Waals surface area contributed by atoms with Crippen LogP contribution in [0.15, 0.2) is 24.3 Å². The van der Waals surface area contributed by atoms with Crippen LogP contribution in [-0.2, 0) is 0 Å². The number of para-hydroxylation sites is 1. The van der Waals surface area contributed by atoms with Crippen LogP contribution in [0.4, 0.5) is 5.69 Å². The minimum Gasteiger partial charge on any atom is -0.478 e. The molecule has 0 radical (unpaired) electrons. The number of rotatable bonds is 6. The monoisotopic (exact) mass is 239 g/mol. The summed E-state index contributed by atoms with van der Waals surface area (Å²) in [4.78, 5) is 10.9. The third-order valence-electron chi connectivity index (χ3n) is 2.43. The maximum Gasteiger partial charge on any atom is 0.337 e. The van der Waals surface area contributed by atoms with Crippen molar-refractivity contribution in [2.45, 2.75) is 18.6 Å². The van der Waals surface area contributed by atoms with Gasteiger partial charge in [0.2, 0.25) is 0 Å². The number of carboxylic acids is 1. The molecule has 0 aliphatic heterocycles. The summed E-state index contributed by atoms with van der Waals surface area (Å²) in [5.74, 6) is -0.888. The molecule has 0 heterocycles. The lowest BCUT2D eigenvalue weighted by Crippen LogP contribution is -2.10. The van der Waals surface area contributed by atoms with Gasteiger partial charge in [-0.2, -0.15) is 11.8 Å². The molecule has 1 aromatic carbocycles. The van der Waals surface area contributed by atoms with Gasteiger partial charge in [-0.1, -0.05) is 19.1 Å². The highest BCUT2D eigenvalue weighted by atomic mass is 32.2. The molecule has 1 atom stereocenters. The second-order valence-corrected chi connectivity index (χ2v) is 4.89. The normalized spacial score (nSPS) is 12.1. The molecule has 4 heteroatoms. The highest BCUT2D eigenvalue weighted by Gasteiger charge is 2.08. The number of anilines is 1. The number of nitrogens with one attached hydrogen (secondary N) is 1. The minimum absolute atomic E-state index is 0.333. The molecule has 3 nitrogen and oxygen atoms in total. The smallest absolute Gasteiger partial charge is 0.337 e. The van der Waals surface area contributed by atoms with Gasteiger partial charge < -0.3 is 10.4 Å². The van der Waals surface area contributed by atoms with Crippen LogP contribution in [0, 0.1) is 0 Å². The van der Waals surface area contributed by atoms with Gasteiger partial charge in [-0.25, -0.2) is 4.79 Å². The third-order valence-corrected chi connectivity index (χ3v) is 3.47. The van der Waals surface area contributed by atoms with Gasteiger partial charge in [-0.05, 0) is 24.8 Å². The van der Waals surface area contributed by atoms with Crippen LogP contribution in [0.5, 0.6) is 0 Å². The van der Waals surface area contributed by atoms with E-state index in [4.69, 9.17) is 5.11 Å². The lowest BCUT2D eigenvalue weighted by Gasteiger charge is -2.11. The second-order valence-electron chi connectivity index (χ2n) is 3.61. The minimum atomic E-state index is -0.888. The Bertz CT molecular complexity index is 355. The molecular weight excluding hydrogens is 222 g/mol. The zero-order valence-corrected chi connectivity index (χ0v) is 10.4. The van der Waals surface area contributed by atoms with Crippen molar-refractivity contribution in [3.05, 3.63) is 29.8 Å². The summed E-state index contributed by atoms with van der Waals surface area (Å²) in [7, 11) is 0. The molecule has 16 heavy (non-hydrogen) atoms. The van der Waals surface area contributed by atoms with E-state index in [1.807, 2.05) is 17.8 Å². The fraction of sp³-hybridized carbons (Fsp3) is 0.417. The first-order valence-electron chi connectivity index (χ1n) is 5.24. The molecule has 0 saturated heterocycles. The Balaban J connectivity index is 2.56. The Morgan fingerprint density at radius 1 is 1.50 bits per heavy atom. The van der Waals surface area contributed by atoms with E-state index in [1.54, 1.807) is 18.2 Å². The van der Waals surface area contributed by atoms with E-state index in [2.05, 4.69) is 18.5 Å². The summed E-state index contributed by atoms with van der Waals surface area (Å²) in [5, 5.41) is 12.7. The van der Waals surface area contributed by atoms with Crippen LogP contribution in [0.25, 0.3) is 0 Å². The summed E-state index contributed by atoms with van der Waals surface area (Å²) in [6.07, 6.45) is 3.10. The Labute approximate surface area is 100 Å². The van der Waals surface area contributed by atoms with Crippen molar-refractivity contribution in [1.29, 1.82) is 0 Å². The first-order valence-corrected chi connectivity index (χ1v) is 6.53. The van der Waals surface area contributed by atoms with Crippen molar-refractivity contribution in [2.75, 3.05) is 18.1 Å². The van der Waals surface area contributed by atoms with Crippen molar-refractivity contribution in [2.24, 2.45) is 0 Å². The predicted molar refractivity (Wildman–Crippen MR) is 69.5 cm³/mol. The van der Waals surface area contributed by atoms with Crippen molar-refractivity contribution >= 4 is 23.4 Å². The van der Waals surface area contributed by atoms with Crippen LogP contribution < -0.4 is 5.32 Å². The highest BCUT2D eigenvalue weighted by molar-refractivity contribution is 7.99. The molecule has 2 N–H and O–H groups in total. The standard InChI is InChI=1S/C12H17NO2S/c1-9(16-2)7-8-13-11-6-4-3-5-10(11)12(14)15/h3-6,9,13H,7-8H2,1-2H3,(H,14,15). The number of carbonyl (C=O) groups is 1. The zero-order chi connectivity index (χ0) is 12.0. The van der Waals surface area contributed by atoms with E-state index in [0.29, 0.717) is 16.5 Å². The molecule has 0 spiro atoms. The van der Waals surface area contributed by atoms with E-state index < -0.39 is 5.97 Å². The predicted octanol–water partition coefficient (Wildman–Crippen LogP) is 2.94. The summed E-state index contributed by atoms with van der Waals surface area (Å²) in [6.45, 7) is 2.96. The fourth-order valence-corrected chi connectivity index (χ4v) is 1.71. The number of carboxylic acid groups (broad SMARTS) is 1. The molecule has 88 valence electrons. The summed E-state index contributed by atoms with van der Waals surface area (Å²) >= 11 is 1.81. The van der Waals surface area contributed by atoms with Crippen LogP contribution >= 0.6 is 11.8 Å². The number of aromatic carboxylic acids is 1. The van der Waals surface area contributed by atoms with Crippen molar-refractivity contribution < 1.29 is 9.90 Å². The van der Waals surface area contributed by atoms with Crippen molar-refractivity contribution in [3.63, 3.8) is 0 Å². The Hall–Kier alpha value is -1.16. The summed E-state index contributed by atoms with van der Waals surface area (Å²) in [6, 6.07) is 6.99. The molecule has 0 fully saturated rings. The maximum atomic E-state index is 10.9. The molecule has 0 aliphatic carbocycles. The molecule has 1 unspecified atom stereocenters.